The first-order valence-corrected chi connectivity index (χ1v) is 5.55. The number of carbonyl (C=O) groups is 1. The zero-order chi connectivity index (χ0) is 12.3. The Labute approximate surface area is 105 Å². The predicted octanol–water partition coefficient (Wildman–Crippen LogP) is 3.27. The van der Waals surface area contributed by atoms with Crippen molar-refractivity contribution >= 4 is 29.2 Å². The highest BCUT2D eigenvalue weighted by Gasteiger charge is 2.17. The topological polar surface area (TPSA) is 39.2 Å². The van der Waals surface area contributed by atoms with Crippen molar-refractivity contribution in [1.29, 1.82) is 0 Å². The first kappa shape index (κ1) is 13.3. The Morgan fingerprint density at radius 3 is 2.62 bits per heavy atom. The van der Waals surface area contributed by atoms with Crippen molar-refractivity contribution in [2.24, 2.45) is 0 Å². The van der Waals surface area contributed by atoms with Gasteiger partial charge >= 0.3 is 5.97 Å². The largest absolute Gasteiger partial charge is 0.460 e. The van der Waals surface area contributed by atoms with Gasteiger partial charge in [0, 0.05) is 11.8 Å². The van der Waals surface area contributed by atoms with Gasteiger partial charge in [-0.25, -0.2) is 4.98 Å². The van der Waals surface area contributed by atoms with Crippen molar-refractivity contribution < 1.29 is 9.53 Å². The minimum atomic E-state index is -0.504. The predicted molar refractivity (Wildman–Crippen MR) is 63.8 cm³/mol. The fourth-order valence-corrected chi connectivity index (χ4v) is 1.47. The van der Waals surface area contributed by atoms with E-state index in [0.717, 1.165) is 0 Å². The average Bonchev–Trinajstić information content (AvgIpc) is 2.08. The van der Waals surface area contributed by atoms with Crippen LogP contribution in [0.15, 0.2) is 12.3 Å². The molecule has 1 rings (SSSR count). The van der Waals surface area contributed by atoms with E-state index < -0.39 is 5.60 Å². The quantitative estimate of drug-likeness (QED) is 0.606. The number of aromatic nitrogens is 1. The highest BCUT2D eigenvalue weighted by molar-refractivity contribution is 6.32. The molecule has 0 unspecified atom stereocenters. The summed E-state index contributed by atoms with van der Waals surface area (Å²) in [6.45, 7) is 5.42. The van der Waals surface area contributed by atoms with Crippen LogP contribution in [0.2, 0.25) is 10.2 Å². The Morgan fingerprint density at radius 2 is 2.06 bits per heavy atom. The maximum absolute atomic E-state index is 11.5. The number of pyridine rings is 1. The maximum atomic E-state index is 11.5. The number of hydrogen-bond acceptors (Lipinski definition) is 3. The van der Waals surface area contributed by atoms with Gasteiger partial charge in [0.05, 0.1) is 11.4 Å². The second kappa shape index (κ2) is 5.02. The lowest BCUT2D eigenvalue weighted by Crippen LogP contribution is -2.25. The van der Waals surface area contributed by atoms with Gasteiger partial charge in [-0.2, -0.15) is 0 Å². The molecule has 1 aromatic heterocycles. The molecule has 0 aliphatic carbocycles. The molecule has 0 spiro atoms. The van der Waals surface area contributed by atoms with E-state index in [9.17, 15) is 4.79 Å². The zero-order valence-electron chi connectivity index (χ0n) is 9.38. The minimum Gasteiger partial charge on any atom is -0.460 e. The molecule has 3 nitrogen and oxygen atoms in total. The Kier molecular flexibility index (Phi) is 4.16. The maximum Gasteiger partial charge on any atom is 0.310 e. The second-order valence-corrected chi connectivity index (χ2v) is 5.16. The SMILES string of the molecule is CC(C)(C)OC(=O)Cc1cc(Cl)cnc1Cl. The van der Waals surface area contributed by atoms with Gasteiger partial charge < -0.3 is 4.74 Å². The second-order valence-electron chi connectivity index (χ2n) is 4.37. The summed E-state index contributed by atoms with van der Waals surface area (Å²) in [6, 6.07) is 1.61. The van der Waals surface area contributed by atoms with Gasteiger partial charge in [0.2, 0.25) is 0 Å². The van der Waals surface area contributed by atoms with Crippen LogP contribution >= 0.6 is 23.2 Å². The van der Waals surface area contributed by atoms with Gasteiger partial charge in [0.1, 0.15) is 10.8 Å². The molecule has 88 valence electrons. The highest BCUT2D eigenvalue weighted by atomic mass is 35.5. The van der Waals surface area contributed by atoms with Gasteiger partial charge in [0.25, 0.3) is 0 Å². The molecule has 0 atom stereocenters. The normalized spacial score (nSPS) is 11.3. The molecule has 0 fully saturated rings. The molecule has 0 amide bonds. The molecule has 16 heavy (non-hydrogen) atoms. The Morgan fingerprint density at radius 1 is 1.44 bits per heavy atom. The summed E-state index contributed by atoms with van der Waals surface area (Å²) >= 11 is 11.6. The molecule has 0 radical (unpaired) electrons. The van der Waals surface area contributed by atoms with Crippen LogP contribution in [0.1, 0.15) is 26.3 Å². The lowest BCUT2D eigenvalue weighted by molar-refractivity contribution is -0.153. The van der Waals surface area contributed by atoms with Crippen molar-refractivity contribution in [3.05, 3.63) is 28.0 Å². The molecule has 0 saturated carbocycles. The van der Waals surface area contributed by atoms with E-state index in [1.54, 1.807) is 6.07 Å². The Bertz CT molecular complexity index is 399. The number of rotatable bonds is 2. The van der Waals surface area contributed by atoms with Crippen LogP contribution in [0, 0.1) is 0 Å². The molecule has 1 aromatic rings. The molecular weight excluding hydrogens is 249 g/mol. The van der Waals surface area contributed by atoms with E-state index in [0.29, 0.717) is 10.6 Å². The number of ether oxygens (including phenoxy) is 1. The molecule has 0 aromatic carbocycles. The van der Waals surface area contributed by atoms with Gasteiger partial charge in [-0.3, -0.25) is 4.79 Å². The Hall–Kier alpha value is -0.800. The first-order valence-electron chi connectivity index (χ1n) is 4.80. The van der Waals surface area contributed by atoms with Gasteiger partial charge in [-0.15, -0.1) is 0 Å². The number of nitrogens with zero attached hydrogens (tertiary/aromatic N) is 1. The van der Waals surface area contributed by atoms with E-state index in [-0.39, 0.29) is 17.5 Å². The number of halogens is 2. The lowest BCUT2D eigenvalue weighted by atomic mass is 10.2. The molecule has 0 bridgehead atoms. The van der Waals surface area contributed by atoms with Crippen LogP contribution in [-0.4, -0.2) is 16.6 Å². The van der Waals surface area contributed by atoms with Gasteiger partial charge in [0.15, 0.2) is 0 Å². The lowest BCUT2D eigenvalue weighted by Gasteiger charge is -2.19. The van der Waals surface area contributed by atoms with E-state index in [2.05, 4.69) is 4.98 Å². The van der Waals surface area contributed by atoms with Crippen LogP contribution in [0.3, 0.4) is 0 Å². The van der Waals surface area contributed by atoms with Crippen molar-refractivity contribution in [3.63, 3.8) is 0 Å². The first-order chi connectivity index (χ1) is 7.28. The van der Waals surface area contributed by atoms with Crippen LogP contribution in [0.4, 0.5) is 0 Å². The van der Waals surface area contributed by atoms with Crippen LogP contribution < -0.4 is 0 Å². The van der Waals surface area contributed by atoms with E-state index in [1.807, 2.05) is 20.8 Å². The fraction of sp³-hybridized carbons (Fsp3) is 0.455. The summed E-state index contributed by atoms with van der Waals surface area (Å²) in [5.74, 6) is -0.349. The summed E-state index contributed by atoms with van der Waals surface area (Å²) in [6.07, 6.45) is 1.51. The molecule has 0 aliphatic rings. The van der Waals surface area contributed by atoms with E-state index in [1.165, 1.54) is 6.20 Å². The zero-order valence-corrected chi connectivity index (χ0v) is 10.9. The minimum absolute atomic E-state index is 0.0731. The average molecular weight is 262 g/mol. The van der Waals surface area contributed by atoms with Crippen LogP contribution in [0.25, 0.3) is 0 Å². The van der Waals surface area contributed by atoms with E-state index >= 15 is 0 Å². The molecule has 5 heteroatoms. The van der Waals surface area contributed by atoms with Crippen LogP contribution in [0.5, 0.6) is 0 Å². The highest BCUT2D eigenvalue weighted by Crippen LogP contribution is 2.19. The Balaban J connectivity index is 2.73. The number of carbonyl (C=O) groups excluding carboxylic acids is 1. The van der Waals surface area contributed by atoms with Gasteiger partial charge in [-0.05, 0) is 26.8 Å². The van der Waals surface area contributed by atoms with Gasteiger partial charge in [-0.1, -0.05) is 23.2 Å². The molecule has 0 aliphatic heterocycles. The summed E-state index contributed by atoms with van der Waals surface area (Å²) < 4.78 is 5.17. The number of hydrogen-bond donors (Lipinski definition) is 0. The number of esters is 1. The summed E-state index contributed by atoms with van der Waals surface area (Å²) in [7, 11) is 0. The van der Waals surface area contributed by atoms with Crippen molar-refractivity contribution in [2.45, 2.75) is 32.8 Å². The molecule has 1 heterocycles. The van der Waals surface area contributed by atoms with Crippen molar-refractivity contribution in [1.82, 2.24) is 4.98 Å². The third-order valence-corrected chi connectivity index (χ3v) is 2.18. The summed E-state index contributed by atoms with van der Waals surface area (Å²) in [4.78, 5) is 15.4. The third kappa shape index (κ3) is 4.37. The van der Waals surface area contributed by atoms with Crippen LogP contribution in [-0.2, 0) is 16.0 Å². The standard InChI is InChI=1S/C11H13Cl2NO2/c1-11(2,3)16-9(15)5-7-4-8(12)6-14-10(7)13/h4,6H,5H2,1-3H3. The molecule has 0 saturated heterocycles. The molecular formula is C11H13Cl2NO2. The smallest absolute Gasteiger partial charge is 0.310 e. The fourth-order valence-electron chi connectivity index (χ4n) is 1.12. The monoisotopic (exact) mass is 261 g/mol. The van der Waals surface area contributed by atoms with Crippen molar-refractivity contribution in [3.8, 4) is 0 Å². The third-order valence-electron chi connectivity index (χ3n) is 1.63. The summed E-state index contributed by atoms with van der Waals surface area (Å²) in [5.41, 5.74) is 0.0682. The molecule has 0 N–H and O–H groups in total. The summed E-state index contributed by atoms with van der Waals surface area (Å²) in [5, 5.41) is 0.721. The van der Waals surface area contributed by atoms with E-state index in [4.69, 9.17) is 27.9 Å². The van der Waals surface area contributed by atoms with Crippen molar-refractivity contribution in [2.75, 3.05) is 0 Å².